The smallest absolute Gasteiger partial charge is 0.0718 e. The second kappa shape index (κ2) is 5.69. The number of benzene rings is 3. The number of aromatic nitrogens is 1. The summed E-state index contributed by atoms with van der Waals surface area (Å²) in [6.45, 7) is 2.11. The Balaban J connectivity index is 2.03. The van der Waals surface area contributed by atoms with E-state index >= 15 is 0 Å². The highest BCUT2D eigenvalue weighted by Crippen LogP contribution is 2.32. The van der Waals surface area contributed by atoms with E-state index in [-0.39, 0.29) is 0 Å². The summed E-state index contributed by atoms with van der Waals surface area (Å²) in [5.74, 6) is 0. The van der Waals surface area contributed by atoms with Crippen LogP contribution < -0.4 is 0 Å². The number of nitrogens with zero attached hydrogens (tertiary/aromatic N) is 1. The molecule has 1 heteroatoms. The number of hydrogen-bond donors (Lipinski definition) is 0. The van der Waals surface area contributed by atoms with Crippen molar-refractivity contribution in [3.8, 4) is 22.4 Å². The maximum atomic E-state index is 4.89. The van der Waals surface area contributed by atoms with Crippen LogP contribution in [0, 0.1) is 6.92 Å². The minimum atomic E-state index is 1.02. The van der Waals surface area contributed by atoms with Gasteiger partial charge in [-0.05, 0) is 35.7 Å². The first-order chi connectivity index (χ1) is 11.3. The molecule has 4 rings (SSSR count). The van der Waals surface area contributed by atoms with Crippen LogP contribution in [0.25, 0.3) is 33.3 Å². The standard InChI is InChI=1S/C22H17N/c1-16-12-13-19-20(17-8-4-2-5-9-17)15-21(23-22(19)14-16)18-10-6-3-7-11-18/h2-15H,1H3. The summed E-state index contributed by atoms with van der Waals surface area (Å²) in [4.78, 5) is 4.89. The molecular formula is C22H17N. The average molecular weight is 295 g/mol. The number of fused-ring (bicyclic) bond motifs is 1. The molecule has 0 aliphatic carbocycles. The Hall–Kier alpha value is -2.93. The average Bonchev–Trinajstić information content (AvgIpc) is 2.62. The van der Waals surface area contributed by atoms with Crippen LogP contribution in [0.1, 0.15) is 5.56 Å². The Kier molecular flexibility index (Phi) is 3.39. The molecule has 1 nitrogen and oxygen atoms in total. The lowest BCUT2D eigenvalue weighted by Gasteiger charge is -2.11. The van der Waals surface area contributed by atoms with E-state index in [9.17, 15) is 0 Å². The fourth-order valence-corrected chi connectivity index (χ4v) is 2.95. The normalized spacial score (nSPS) is 10.8. The Morgan fingerprint density at radius 2 is 1.30 bits per heavy atom. The third-order valence-corrected chi connectivity index (χ3v) is 4.12. The second-order valence-corrected chi connectivity index (χ2v) is 5.81. The molecule has 0 radical (unpaired) electrons. The molecule has 0 atom stereocenters. The third kappa shape index (κ3) is 2.62. The molecule has 0 saturated heterocycles. The molecule has 0 fully saturated rings. The van der Waals surface area contributed by atoms with Crippen molar-refractivity contribution in [1.82, 2.24) is 4.98 Å². The molecule has 0 unspecified atom stereocenters. The van der Waals surface area contributed by atoms with Gasteiger partial charge in [-0.1, -0.05) is 72.8 Å². The number of rotatable bonds is 2. The van der Waals surface area contributed by atoms with Crippen molar-refractivity contribution in [3.63, 3.8) is 0 Å². The lowest BCUT2D eigenvalue weighted by Crippen LogP contribution is -1.90. The van der Waals surface area contributed by atoms with Crippen LogP contribution in [0.2, 0.25) is 0 Å². The van der Waals surface area contributed by atoms with Crippen LogP contribution in [-0.4, -0.2) is 4.98 Å². The predicted molar refractivity (Wildman–Crippen MR) is 97.4 cm³/mol. The first kappa shape index (κ1) is 13.7. The number of hydrogen-bond acceptors (Lipinski definition) is 1. The molecule has 3 aromatic carbocycles. The first-order valence-corrected chi connectivity index (χ1v) is 7.83. The van der Waals surface area contributed by atoms with E-state index < -0.39 is 0 Å². The van der Waals surface area contributed by atoms with Crippen LogP contribution >= 0.6 is 0 Å². The van der Waals surface area contributed by atoms with Gasteiger partial charge in [-0.15, -0.1) is 0 Å². The predicted octanol–water partition coefficient (Wildman–Crippen LogP) is 5.88. The van der Waals surface area contributed by atoms with Gasteiger partial charge in [-0.2, -0.15) is 0 Å². The van der Waals surface area contributed by atoms with Gasteiger partial charge in [0.05, 0.1) is 11.2 Å². The van der Waals surface area contributed by atoms with Gasteiger partial charge in [-0.25, -0.2) is 4.98 Å². The molecule has 0 aliphatic heterocycles. The third-order valence-electron chi connectivity index (χ3n) is 4.12. The monoisotopic (exact) mass is 295 g/mol. The van der Waals surface area contributed by atoms with Crippen LogP contribution in [-0.2, 0) is 0 Å². The van der Waals surface area contributed by atoms with Gasteiger partial charge in [0.15, 0.2) is 0 Å². The van der Waals surface area contributed by atoms with Crippen molar-refractivity contribution in [2.24, 2.45) is 0 Å². The molecule has 110 valence electrons. The van der Waals surface area contributed by atoms with Crippen LogP contribution in [0.15, 0.2) is 84.9 Å². The SMILES string of the molecule is Cc1ccc2c(-c3ccccc3)cc(-c3ccccc3)nc2c1. The summed E-state index contributed by atoms with van der Waals surface area (Å²) >= 11 is 0. The molecule has 0 N–H and O–H groups in total. The summed E-state index contributed by atoms with van der Waals surface area (Å²) in [5.41, 5.74) is 6.89. The van der Waals surface area contributed by atoms with Crippen molar-refractivity contribution < 1.29 is 0 Å². The van der Waals surface area contributed by atoms with Crippen molar-refractivity contribution in [3.05, 3.63) is 90.5 Å². The van der Waals surface area contributed by atoms with E-state index in [0.29, 0.717) is 0 Å². The highest BCUT2D eigenvalue weighted by atomic mass is 14.7. The van der Waals surface area contributed by atoms with Gasteiger partial charge in [0.2, 0.25) is 0 Å². The molecule has 0 spiro atoms. The lowest BCUT2D eigenvalue weighted by atomic mass is 9.97. The van der Waals surface area contributed by atoms with E-state index in [2.05, 4.69) is 85.8 Å². The summed E-state index contributed by atoms with van der Waals surface area (Å²) < 4.78 is 0. The van der Waals surface area contributed by atoms with Crippen LogP contribution in [0.3, 0.4) is 0 Å². The van der Waals surface area contributed by atoms with Gasteiger partial charge < -0.3 is 0 Å². The van der Waals surface area contributed by atoms with Gasteiger partial charge >= 0.3 is 0 Å². The maximum absolute atomic E-state index is 4.89. The first-order valence-electron chi connectivity index (χ1n) is 7.83. The van der Waals surface area contributed by atoms with Gasteiger partial charge in [0.25, 0.3) is 0 Å². The lowest BCUT2D eigenvalue weighted by molar-refractivity contribution is 1.38. The molecule has 0 amide bonds. The van der Waals surface area contributed by atoms with E-state index in [1.54, 1.807) is 0 Å². The van der Waals surface area contributed by atoms with E-state index in [0.717, 1.165) is 16.8 Å². The molecule has 0 saturated carbocycles. The zero-order chi connectivity index (χ0) is 15.6. The minimum Gasteiger partial charge on any atom is -0.248 e. The molecule has 23 heavy (non-hydrogen) atoms. The Morgan fingerprint density at radius 1 is 0.652 bits per heavy atom. The summed E-state index contributed by atoms with van der Waals surface area (Å²) in [6, 6.07) is 29.6. The zero-order valence-electron chi connectivity index (χ0n) is 13.0. The maximum Gasteiger partial charge on any atom is 0.0718 e. The summed E-state index contributed by atoms with van der Waals surface area (Å²) in [6.07, 6.45) is 0. The highest BCUT2D eigenvalue weighted by Gasteiger charge is 2.09. The quantitative estimate of drug-likeness (QED) is 0.450. The van der Waals surface area contributed by atoms with Crippen molar-refractivity contribution in [2.45, 2.75) is 6.92 Å². The van der Waals surface area contributed by atoms with Crippen LogP contribution in [0.4, 0.5) is 0 Å². The van der Waals surface area contributed by atoms with Crippen molar-refractivity contribution in [1.29, 1.82) is 0 Å². The van der Waals surface area contributed by atoms with Crippen molar-refractivity contribution in [2.75, 3.05) is 0 Å². The Bertz CT molecular complexity index is 957. The van der Waals surface area contributed by atoms with E-state index in [4.69, 9.17) is 4.98 Å². The van der Waals surface area contributed by atoms with E-state index in [1.165, 1.54) is 22.1 Å². The van der Waals surface area contributed by atoms with Crippen molar-refractivity contribution >= 4 is 10.9 Å². The fraction of sp³-hybridized carbons (Fsp3) is 0.0455. The highest BCUT2D eigenvalue weighted by molar-refractivity contribution is 5.97. The van der Waals surface area contributed by atoms with Gasteiger partial charge in [-0.3, -0.25) is 0 Å². The fourth-order valence-electron chi connectivity index (χ4n) is 2.95. The molecular weight excluding hydrogens is 278 g/mol. The molecule has 0 aliphatic rings. The van der Waals surface area contributed by atoms with Crippen LogP contribution in [0.5, 0.6) is 0 Å². The summed E-state index contributed by atoms with van der Waals surface area (Å²) in [5, 5.41) is 1.20. The molecule has 4 aromatic rings. The second-order valence-electron chi connectivity index (χ2n) is 5.81. The largest absolute Gasteiger partial charge is 0.248 e. The number of aryl methyl sites for hydroxylation is 1. The van der Waals surface area contributed by atoms with Gasteiger partial charge in [0, 0.05) is 10.9 Å². The Labute approximate surface area is 136 Å². The molecule has 1 aromatic heterocycles. The number of pyridine rings is 1. The summed E-state index contributed by atoms with van der Waals surface area (Å²) in [7, 11) is 0. The van der Waals surface area contributed by atoms with Gasteiger partial charge in [0.1, 0.15) is 0 Å². The van der Waals surface area contributed by atoms with E-state index in [1.807, 2.05) is 6.07 Å². The zero-order valence-corrected chi connectivity index (χ0v) is 13.0. The molecule has 1 heterocycles. The Morgan fingerprint density at radius 3 is 2.00 bits per heavy atom. The molecule has 0 bridgehead atoms. The topological polar surface area (TPSA) is 12.9 Å². The minimum absolute atomic E-state index is 1.02.